The number of rotatable bonds is 10. The number of hydrogen-bond acceptors (Lipinski definition) is 4. The van der Waals surface area contributed by atoms with Gasteiger partial charge in [-0.2, -0.15) is 0 Å². The van der Waals surface area contributed by atoms with E-state index in [0.717, 1.165) is 33.4 Å². The minimum atomic E-state index is -0.597. The zero-order valence-corrected chi connectivity index (χ0v) is 34.0. The lowest BCUT2D eigenvalue weighted by atomic mass is 9.78. The molecular formula is C43H32Br4O4. The molecule has 4 nitrogen and oxygen atoms in total. The van der Waals surface area contributed by atoms with Gasteiger partial charge in [0, 0.05) is 5.41 Å². The molecule has 256 valence electrons. The molecule has 6 aromatic carbocycles. The summed E-state index contributed by atoms with van der Waals surface area (Å²) in [5, 5.41) is 0. The average molecular weight is 932 g/mol. The molecule has 0 heterocycles. The van der Waals surface area contributed by atoms with Gasteiger partial charge < -0.3 is 9.47 Å². The smallest absolute Gasteiger partial charge is 0.323 e. The summed E-state index contributed by atoms with van der Waals surface area (Å²) in [6, 6.07) is 46.4. The van der Waals surface area contributed by atoms with Crippen LogP contribution in [0.25, 0.3) is 0 Å². The third-order valence-electron chi connectivity index (χ3n) is 8.85. The molecule has 0 bridgehead atoms. The third kappa shape index (κ3) is 8.30. The summed E-state index contributed by atoms with van der Waals surface area (Å²) in [5.74, 6) is -1.18. The van der Waals surface area contributed by atoms with Gasteiger partial charge in [-0.3, -0.25) is 9.59 Å². The SMILES string of the molecule is CC(C)(c1cc(Br)c(OC(=O)C(c2ccccc2)c2ccccc2)c(Br)c1)c1cc(Br)c(OC(=O)C(c2ccccc2)c2ccccc2)c(Br)c1. The van der Waals surface area contributed by atoms with Gasteiger partial charge in [-0.25, -0.2) is 0 Å². The van der Waals surface area contributed by atoms with Crippen molar-refractivity contribution < 1.29 is 19.1 Å². The lowest BCUT2D eigenvalue weighted by Crippen LogP contribution is -2.22. The maximum atomic E-state index is 13.8. The summed E-state index contributed by atoms with van der Waals surface area (Å²) in [7, 11) is 0. The van der Waals surface area contributed by atoms with Crippen molar-refractivity contribution in [3.05, 3.63) is 197 Å². The van der Waals surface area contributed by atoms with Gasteiger partial charge in [0.15, 0.2) is 11.5 Å². The lowest BCUT2D eigenvalue weighted by Gasteiger charge is -2.28. The van der Waals surface area contributed by atoms with E-state index in [-0.39, 0.29) is 11.9 Å². The monoisotopic (exact) mass is 928 g/mol. The summed E-state index contributed by atoms with van der Waals surface area (Å²) in [4.78, 5) is 27.6. The van der Waals surface area contributed by atoms with Gasteiger partial charge in [0.2, 0.25) is 0 Å². The molecule has 0 aromatic heterocycles. The topological polar surface area (TPSA) is 52.6 Å². The molecule has 0 aliphatic heterocycles. The van der Waals surface area contributed by atoms with Gasteiger partial charge in [-0.05, 0) is 121 Å². The minimum Gasteiger partial charge on any atom is -0.423 e. The molecule has 0 aliphatic rings. The Morgan fingerprint density at radius 1 is 0.451 bits per heavy atom. The second-order valence-electron chi connectivity index (χ2n) is 12.5. The van der Waals surface area contributed by atoms with E-state index < -0.39 is 17.3 Å². The van der Waals surface area contributed by atoms with Crippen molar-refractivity contribution in [2.45, 2.75) is 31.1 Å². The Bertz CT molecular complexity index is 1880. The Morgan fingerprint density at radius 2 is 0.686 bits per heavy atom. The average Bonchev–Trinajstić information content (AvgIpc) is 3.13. The van der Waals surface area contributed by atoms with Crippen LogP contribution in [0.3, 0.4) is 0 Å². The van der Waals surface area contributed by atoms with Gasteiger partial charge >= 0.3 is 11.9 Å². The second-order valence-corrected chi connectivity index (χ2v) is 15.9. The van der Waals surface area contributed by atoms with Crippen molar-refractivity contribution >= 4 is 75.7 Å². The number of esters is 2. The van der Waals surface area contributed by atoms with Crippen LogP contribution >= 0.6 is 63.7 Å². The first-order valence-corrected chi connectivity index (χ1v) is 19.3. The Morgan fingerprint density at radius 3 is 0.922 bits per heavy atom. The Hall–Kier alpha value is -3.82. The molecule has 8 heteroatoms. The zero-order chi connectivity index (χ0) is 36.1. The predicted octanol–water partition coefficient (Wildman–Crippen LogP) is 12.5. The van der Waals surface area contributed by atoms with Crippen LogP contribution in [-0.4, -0.2) is 11.9 Å². The van der Waals surface area contributed by atoms with E-state index in [1.165, 1.54) is 0 Å². The highest BCUT2D eigenvalue weighted by Crippen LogP contribution is 2.45. The van der Waals surface area contributed by atoms with E-state index in [1.807, 2.05) is 146 Å². The molecule has 51 heavy (non-hydrogen) atoms. The van der Waals surface area contributed by atoms with Crippen molar-refractivity contribution in [2.75, 3.05) is 0 Å². The van der Waals surface area contributed by atoms with Crippen LogP contribution in [0.4, 0.5) is 0 Å². The van der Waals surface area contributed by atoms with Crippen LogP contribution in [0.15, 0.2) is 163 Å². The first-order valence-electron chi connectivity index (χ1n) is 16.2. The molecule has 0 amide bonds. The largest absolute Gasteiger partial charge is 0.423 e. The van der Waals surface area contributed by atoms with Crippen molar-refractivity contribution in [2.24, 2.45) is 0 Å². The van der Waals surface area contributed by atoms with Crippen molar-refractivity contribution in [3.63, 3.8) is 0 Å². The second kappa shape index (κ2) is 16.2. The van der Waals surface area contributed by atoms with Gasteiger partial charge in [-0.15, -0.1) is 0 Å². The molecule has 0 fully saturated rings. The number of carbonyl (C=O) groups is 2. The van der Waals surface area contributed by atoms with Crippen molar-refractivity contribution in [1.82, 2.24) is 0 Å². The van der Waals surface area contributed by atoms with Gasteiger partial charge in [-0.1, -0.05) is 135 Å². The normalized spacial score (nSPS) is 11.5. The molecular weight excluding hydrogens is 900 g/mol. The predicted molar refractivity (Wildman–Crippen MR) is 217 cm³/mol. The highest BCUT2D eigenvalue weighted by atomic mass is 79.9. The van der Waals surface area contributed by atoms with E-state index in [0.29, 0.717) is 29.4 Å². The number of hydrogen-bond donors (Lipinski definition) is 0. The molecule has 0 radical (unpaired) electrons. The van der Waals surface area contributed by atoms with E-state index in [9.17, 15) is 9.59 Å². The standard InChI is InChI=1S/C43H32Br4O4/c1-43(2,31-23-33(44)39(34(45)24-31)50-41(48)37(27-15-7-3-8-16-27)28-17-9-4-10-18-28)32-25-35(46)40(36(47)26-32)51-42(49)38(29-19-11-5-12-20-29)30-21-13-6-14-22-30/h3-26,37-38H,1-2H3. The molecule has 0 aliphatic carbocycles. The zero-order valence-electron chi connectivity index (χ0n) is 27.7. The minimum absolute atomic E-state index is 0.388. The summed E-state index contributed by atoms with van der Waals surface area (Å²) in [6.45, 7) is 4.21. The van der Waals surface area contributed by atoms with E-state index >= 15 is 0 Å². The number of benzene rings is 6. The van der Waals surface area contributed by atoms with Crippen LogP contribution in [-0.2, 0) is 15.0 Å². The molecule has 6 rings (SSSR count). The highest BCUT2D eigenvalue weighted by Gasteiger charge is 2.31. The summed E-state index contributed by atoms with van der Waals surface area (Å²) in [5.41, 5.74) is 4.79. The Balaban J connectivity index is 1.26. The molecule has 0 unspecified atom stereocenters. The first kappa shape index (κ1) is 37.0. The maximum Gasteiger partial charge on any atom is 0.323 e. The number of halogens is 4. The molecule has 0 saturated carbocycles. The van der Waals surface area contributed by atoms with Gasteiger partial charge in [0.1, 0.15) is 11.8 Å². The molecule has 0 spiro atoms. The quantitative estimate of drug-likeness (QED) is 0.101. The fraction of sp³-hybridized carbons (Fsp3) is 0.116. The Kier molecular flexibility index (Phi) is 11.8. The maximum absolute atomic E-state index is 13.8. The fourth-order valence-electron chi connectivity index (χ4n) is 6.03. The molecule has 0 atom stereocenters. The first-order chi connectivity index (χ1) is 24.5. The van der Waals surface area contributed by atoms with Crippen LogP contribution in [0, 0.1) is 0 Å². The summed E-state index contributed by atoms with van der Waals surface area (Å²) in [6.07, 6.45) is 0. The highest BCUT2D eigenvalue weighted by molar-refractivity contribution is 9.11. The number of ether oxygens (including phenoxy) is 2. The molecule has 0 saturated heterocycles. The fourth-order valence-corrected chi connectivity index (χ4v) is 8.73. The molecule has 0 N–H and O–H groups in total. The van der Waals surface area contributed by atoms with Crippen molar-refractivity contribution in [3.8, 4) is 11.5 Å². The van der Waals surface area contributed by atoms with Crippen LogP contribution in [0.1, 0.15) is 59.1 Å². The van der Waals surface area contributed by atoms with Crippen LogP contribution in [0.2, 0.25) is 0 Å². The van der Waals surface area contributed by atoms with E-state index in [2.05, 4.69) is 77.6 Å². The summed E-state index contributed by atoms with van der Waals surface area (Å²) < 4.78 is 14.7. The van der Waals surface area contributed by atoms with E-state index in [4.69, 9.17) is 9.47 Å². The number of carbonyl (C=O) groups excluding carboxylic acids is 2. The van der Waals surface area contributed by atoms with Crippen molar-refractivity contribution in [1.29, 1.82) is 0 Å². The van der Waals surface area contributed by atoms with E-state index in [1.54, 1.807) is 0 Å². The summed E-state index contributed by atoms with van der Waals surface area (Å²) >= 11 is 14.8. The van der Waals surface area contributed by atoms with Crippen LogP contribution < -0.4 is 9.47 Å². The van der Waals surface area contributed by atoms with Gasteiger partial charge in [0.25, 0.3) is 0 Å². The van der Waals surface area contributed by atoms with Crippen LogP contribution in [0.5, 0.6) is 11.5 Å². The van der Waals surface area contributed by atoms with Gasteiger partial charge in [0.05, 0.1) is 17.9 Å². The Labute approximate surface area is 331 Å². The lowest BCUT2D eigenvalue weighted by molar-refractivity contribution is -0.136. The third-order valence-corrected chi connectivity index (χ3v) is 11.2. The molecule has 6 aromatic rings.